The first-order valence-electron chi connectivity index (χ1n) is 4.79. The van der Waals surface area contributed by atoms with Crippen LogP contribution in [0.15, 0.2) is 11.6 Å². The van der Waals surface area contributed by atoms with Gasteiger partial charge in [-0.05, 0) is 19.8 Å². The zero-order valence-corrected chi connectivity index (χ0v) is 8.36. The number of aliphatic carboxylic acids is 1. The van der Waals surface area contributed by atoms with Crippen molar-refractivity contribution in [2.45, 2.75) is 25.9 Å². The smallest absolute Gasteiger partial charge is 0.330 e. The Hall–Kier alpha value is -0.870. The minimum Gasteiger partial charge on any atom is -0.478 e. The molecule has 0 aliphatic carbocycles. The molecule has 14 heavy (non-hydrogen) atoms. The van der Waals surface area contributed by atoms with Gasteiger partial charge in [-0.15, -0.1) is 0 Å². The molecule has 0 bridgehead atoms. The summed E-state index contributed by atoms with van der Waals surface area (Å²) in [7, 11) is 0. The third-order valence-corrected chi connectivity index (χ3v) is 1.99. The predicted octanol–water partition coefficient (Wildman–Crippen LogP) is 1.21. The Bertz CT molecular complexity index is 218. The Morgan fingerprint density at radius 1 is 1.71 bits per heavy atom. The molecule has 0 aromatic rings. The molecule has 4 heteroatoms. The van der Waals surface area contributed by atoms with Crippen molar-refractivity contribution < 1.29 is 19.4 Å². The highest BCUT2D eigenvalue weighted by atomic mass is 16.6. The van der Waals surface area contributed by atoms with Crippen LogP contribution in [-0.2, 0) is 14.3 Å². The van der Waals surface area contributed by atoms with Crippen LogP contribution in [-0.4, -0.2) is 37.0 Å². The zero-order valence-electron chi connectivity index (χ0n) is 8.36. The molecule has 1 fully saturated rings. The van der Waals surface area contributed by atoms with Crippen LogP contribution in [0.4, 0.5) is 0 Å². The normalized spacial score (nSPS) is 20.9. The van der Waals surface area contributed by atoms with E-state index >= 15 is 0 Å². The number of allylic oxidation sites excluding steroid dienone is 1. The molecule has 1 rings (SSSR count). The van der Waals surface area contributed by atoms with Crippen molar-refractivity contribution >= 4 is 5.97 Å². The van der Waals surface area contributed by atoms with E-state index in [4.69, 9.17) is 14.6 Å². The highest BCUT2D eigenvalue weighted by Gasteiger charge is 2.21. The molecule has 1 aliphatic heterocycles. The van der Waals surface area contributed by atoms with Crippen molar-refractivity contribution in [1.29, 1.82) is 0 Å². The van der Waals surface area contributed by atoms with Gasteiger partial charge in [0.2, 0.25) is 0 Å². The van der Waals surface area contributed by atoms with E-state index in [0.29, 0.717) is 24.9 Å². The van der Waals surface area contributed by atoms with E-state index in [1.165, 1.54) is 0 Å². The van der Waals surface area contributed by atoms with E-state index in [0.717, 1.165) is 19.4 Å². The average Bonchev–Trinajstić information content (AvgIpc) is 2.94. The van der Waals surface area contributed by atoms with Crippen molar-refractivity contribution in [2.24, 2.45) is 0 Å². The number of unbranched alkanes of at least 4 members (excludes halogenated alkanes) is 1. The lowest BCUT2D eigenvalue weighted by atomic mass is 10.2. The fourth-order valence-corrected chi connectivity index (χ4v) is 0.970. The number of hydrogen-bond acceptors (Lipinski definition) is 3. The number of ether oxygens (including phenoxy) is 2. The molecule has 0 amide bonds. The van der Waals surface area contributed by atoms with E-state index in [1.54, 1.807) is 13.0 Å². The number of hydrogen-bond donors (Lipinski definition) is 1. The minimum absolute atomic E-state index is 0.311. The van der Waals surface area contributed by atoms with E-state index in [-0.39, 0.29) is 0 Å². The Morgan fingerprint density at radius 2 is 2.43 bits per heavy atom. The fraction of sp³-hybridized carbons (Fsp3) is 0.700. The van der Waals surface area contributed by atoms with Crippen molar-refractivity contribution in [1.82, 2.24) is 0 Å². The van der Waals surface area contributed by atoms with Gasteiger partial charge in [-0.2, -0.15) is 0 Å². The maximum Gasteiger partial charge on any atom is 0.330 e. The van der Waals surface area contributed by atoms with Crippen LogP contribution in [0.3, 0.4) is 0 Å². The van der Waals surface area contributed by atoms with E-state index in [9.17, 15) is 4.79 Å². The first-order valence-corrected chi connectivity index (χ1v) is 4.79. The van der Waals surface area contributed by atoms with Crippen LogP contribution < -0.4 is 0 Å². The van der Waals surface area contributed by atoms with Gasteiger partial charge in [-0.3, -0.25) is 0 Å². The topological polar surface area (TPSA) is 59.1 Å². The highest BCUT2D eigenvalue weighted by Crippen LogP contribution is 2.08. The van der Waals surface area contributed by atoms with Gasteiger partial charge in [-0.25, -0.2) is 4.79 Å². The third kappa shape index (κ3) is 4.99. The molecule has 80 valence electrons. The molecule has 1 saturated heterocycles. The quantitative estimate of drug-likeness (QED) is 0.381. The van der Waals surface area contributed by atoms with Gasteiger partial charge in [0.05, 0.1) is 13.2 Å². The molecule has 0 aromatic carbocycles. The standard InChI is InChI=1S/C10H16O4/c1-8(10(11)12)4-2-3-5-13-6-9-7-14-9/h4,9H,2-3,5-7H2,1H3,(H,11,12). The number of carboxylic acids is 1. The molecule has 1 unspecified atom stereocenters. The first kappa shape index (κ1) is 11.2. The highest BCUT2D eigenvalue weighted by molar-refractivity contribution is 5.85. The summed E-state index contributed by atoms with van der Waals surface area (Å²) in [6, 6.07) is 0. The second-order valence-electron chi connectivity index (χ2n) is 3.36. The lowest BCUT2D eigenvalue weighted by molar-refractivity contribution is -0.132. The number of epoxide rings is 1. The number of carbonyl (C=O) groups is 1. The lowest BCUT2D eigenvalue weighted by Gasteiger charge is -1.99. The largest absolute Gasteiger partial charge is 0.478 e. The van der Waals surface area contributed by atoms with Crippen LogP contribution >= 0.6 is 0 Å². The molecular weight excluding hydrogens is 184 g/mol. The Morgan fingerprint density at radius 3 is 3.00 bits per heavy atom. The molecule has 1 N–H and O–H groups in total. The monoisotopic (exact) mass is 200 g/mol. The Labute approximate surface area is 83.5 Å². The molecule has 0 spiro atoms. The second-order valence-corrected chi connectivity index (χ2v) is 3.36. The van der Waals surface area contributed by atoms with Crippen LogP contribution in [0, 0.1) is 0 Å². The van der Waals surface area contributed by atoms with Crippen LogP contribution in [0.25, 0.3) is 0 Å². The summed E-state index contributed by atoms with van der Waals surface area (Å²) in [5, 5.41) is 8.55. The Kier molecular flexibility index (Phi) is 4.62. The minimum atomic E-state index is -0.850. The van der Waals surface area contributed by atoms with E-state index in [1.807, 2.05) is 0 Å². The number of rotatable bonds is 7. The summed E-state index contributed by atoms with van der Waals surface area (Å²) >= 11 is 0. The molecule has 1 heterocycles. The SMILES string of the molecule is CC(=CCCCOCC1CO1)C(=O)O. The maximum absolute atomic E-state index is 10.4. The third-order valence-electron chi connectivity index (χ3n) is 1.99. The van der Waals surface area contributed by atoms with Gasteiger partial charge in [0.25, 0.3) is 0 Å². The van der Waals surface area contributed by atoms with Gasteiger partial charge in [0.15, 0.2) is 0 Å². The van der Waals surface area contributed by atoms with E-state index < -0.39 is 5.97 Å². The summed E-state index contributed by atoms with van der Waals surface area (Å²) in [6.07, 6.45) is 3.65. The summed E-state index contributed by atoms with van der Waals surface area (Å²) in [6.45, 7) is 3.75. The zero-order chi connectivity index (χ0) is 10.4. The van der Waals surface area contributed by atoms with Gasteiger partial charge >= 0.3 is 5.97 Å². The maximum atomic E-state index is 10.4. The summed E-state index contributed by atoms with van der Waals surface area (Å²) in [5.41, 5.74) is 0.399. The molecule has 0 saturated carbocycles. The van der Waals surface area contributed by atoms with Gasteiger partial charge < -0.3 is 14.6 Å². The molecule has 0 aromatic heterocycles. The molecular formula is C10H16O4. The fourth-order valence-electron chi connectivity index (χ4n) is 0.970. The predicted molar refractivity (Wildman–Crippen MR) is 51.2 cm³/mol. The summed E-state index contributed by atoms with van der Waals surface area (Å²) in [4.78, 5) is 10.4. The van der Waals surface area contributed by atoms with Crippen molar-refractivity contribution in [2.75, 3.05) is 19.8 Å². The van der Waals surface area contributed by atoms with Gasteiger partial charge in [0, 0.05) is 12.2 Å². The van der Waals surface area contributed by atoms with E-state index in [2.05, 4.69) is 0 Å². The van der Waals surface area contributed by atoms with Crippen LogP contribution in [0.2, 0.25) is 0 Å². The second kappa shape index (κ2) is 5.78. The Balaban J connectivity index is 1.92. The molecule has 0 radical (unpaired) electrons. The number of carboxylic acid groups (broad SMARTS) is 1. The molecule has 1 aliphatic rings. The van der Waals surface area contributed by atoms with Gasteiger partial charge in [-0.1, -0.05) is 6.08 Å². The lowest BCUT2D eigenvalue weighted by Crippen LogP contribution is -2.02. The average molecular weight is 200 g/mol. The van der Waals surface area contributed by atoms with Gasteiger partial charge in [0.1, 0.15) is 6.10 Å². The molecule has 1 atom stereocenters. The van der Waals surface area contributed by atoms with Crippen LogP contribution in [0.1, 0.15) is 19.8 Å². The van der Waals surface area contributed by atoms with Crippen molar-refractivity contribution in [3.63, 3.8) is 0 Å². The first-order chi connectivity index (χ1) is 6.70. The van der Waals surface area contributed by atoms with Crippen LogP contribution in [0.5, 0.6) is 0 Å². The summed E-state index contributed by atoms with van der Waals surface area (Å²) < 4.78 is 10.3. The summed E-state index contributed by atoms with van der Waals surface area (Å²) in [5.74, 6) is -0.850. The van der Waals surface area contributed by atoms with Crippen molar-refractivity contribution in [3.05, 3.63) is 11.6 Å². The molecule has 4 nitrogen and oxygen atoms in total. The van der Waals surface area contributed by atoms with Crippen molar-refractivity contribution in [3.8, 4) is 0 Å².